The van der Waals surface area contributed by atoms with Crippen LogP contribution >= 0.6 is 0 Å². The van der Waals surface area contributed by atoms with Crippen LogP contribution in [0.1, 0.15) is 66.4 Å². The van der Waals surface area contributed by atoms with E-state index in [2.05, 4.69) is 25.6 Å². The molecule has 2 fully saturated rings. The number of hydrogen-bond acceptors (Lipinski definition) is 2. The van der Waals surface area contributed by atoms with Crippen molar-refractivity contribution in [3.63, 3.8) is 0 Å². The van der Waals surface area contributed by atoms with Crippen molar-refractivity contribution in [3.05, 3.63) is 77.4 Å². The first-order valence-corrected chi connectivity index (χ1v) is 10.6. The molecule has 144 valence electrons. The Hall–Kier alpha value is -2.35. The van der Waals surface area contributed by atoms with Gasteiger partial charge in [0.2, 0.25) is 0 Å². The average Bonchev–Trinajstić information content (AvgIpc) is 3.03. The van der Waals surface area contributed by atoms with Crippen LogP contribution in [-0.4, -0.2) is 5.97 Å². The summed E-state index contributed by atoms with van der Waals surface area (Å²) in [6.45, 7) is 6.87. The van der Waals surface area contributed by atoms with Crippen LogP contribution in [0, 0.1) is 17.3 Å². The molecule has 28 heavy (non-hydrogen) atoms. The third kappa shape index (κ3) is 2.73. The zero-order chi connectivity index (χ0) is 19.3. The van der Waals surface area contributed by atoms with Gasteiger partial charge in [0.25, 0.3) is 0 Å². The molecule has 2 aromatic carbocycles. The quantitative estimate of drug-likeness (QED) is 0.350. The van der Waals surface area contributed by atoms with Gasteiger partial charge in [-0.15, -0.1) is 0 Å². The van der Waals surface area contributed by atoms with Gasteiger partial charge in [0.05, 0.1) is 5.56 Å². The van der Waals surface area contributed by atoms with Crippen molar-refractivity contribution < 1.29 is 9.53 Å². The van der Waals surface area contributed by atoms with Crippen molar-refractivity contribution in [1.82, 2.24) is 0 Å². The highest BCUT2D eigenvalue weighted by molar-refractivity contribution is 5.91. The number of rotatable bonds is 2. The number of fused-ring (bicyclic) bond motifs is 5. The van der Waals surface area contributed by atoms with E-state index in [1.165, 1.54) is 48.8 Å². The number of benzene rings is 2. The van der Waals surface area contributed by atoms with Crippen molar-refractivity contribution in [1.29, 1.82) is 0 Å². The molecular weight excluding hydrogens is 344 g/mol. The van der Waals surface area contributed by atoms with E-state index in [9.17, 15) is 4.79 Å². The van der Waals surface area contributed by atoms with Crippen LogP contribution in [0.2, 0.25) is 0 Å². The number of allylic oxidation sites excluding steroid dienone is 1. The van der Waals surface area contributed by atoms with Gasteiger partial charge >= 0.3 is 5.97 Å². The van der Waals surface area contributed by atoms with Crippen LogP contribution in [0.4, 0.5) is 0 Å². The smallest absolute Gasteiger partial charge is 0.343 e. The fourth-order valence-electron chi connectivity index (χ4n) is 6.27. The van der Waals surface area contributed by atoms with Gasteiger partial charge in [-0.3, -0.25) is 0 Å². The molecule has 4 unspecified atom stereocenters. The number of carbonyl (C=O) groups is 1. The summed E-state index contributed by atoms with van der Waals surface area (Å²) in [7, 11) is 0. The van der Waals surface area contributed by atoms with E-state index in [1.54, 1.807) is 12.1 Å². The van der Waals surface area contributed by atoms with Crippen molar-refractivity contribution in [2.75, 3.05) is 0 Å². The number of carbonyl (C=O) groups excluding carboxylic acids is 1. The van der Waals surface area contributed by atoms with E-state index in [0.717, 1.165) is 18.3 Å². The molecule has 3 aliphatic rings. The van der Waals surface area contributed by atoms with E-state index in [1.807, 2.05) is 24.3 Å². The molecule has 0 aromatic heterocycles. The minimum atomic E-state index is -0.285. The summed E-state index contributed by atoms with van der Waals surface area (Å²) < 4.78 is 5.65. The fourth-order valence-corrected chi connectivity index (χ4v) is 6.27. The van der Waals surface area contributed by atoms with Crippen LogP contribution in [0.15, 0.2) is 60.7 Å². The molecule has 0 aliphatic heterocycles. The highest BCUT2D eigenvalue weighted by atomic mass is 16.5. The monoisotopic (exact) mass is 372 g/mol. The number of ether oxygens (including phenoxy) is 1. The summed E-state index contributed by atoms with van der Waals surface area (Å²) >= 11 is 0. The number of hydrogen-bond donors (Lipinski definition) is 0. The van der Waals surface area contributed by atoms with Crippen molar-refractivity contribution in [2.45, 2.75) is 51.4 Å². The molecule has 0 heterocycles. The van der Waals surface area contributed by atoms with Crippen LogP contribution < -0.4 is 4.74 Å². The lowest BCUT2D eigenvalue weighted by Gasteiger charge is -2.49. The number of esters is 1. The lowest BCUT2D eigenvalue weighted by atomic mass is 9.55. The van der Waals surface area contributed by atoms with Gasteiger partial charge in [0.15, 0.2) is 0 Å². The van der Waals surface area contributed by atoms with Crippen molar-refractivity contribution >= 4 is 5.97 Å². The molecule has 0 radical (unpaired) electrons. The average molecular weight is 373 g/mol. The van der Waals surface area contributed by atoms with Gasteiger partial charge in [-0.1, -0.05) is 43.3 Å². The molecule has 0 spiro atoms. The van der Waals surface area contributed by atoms with Crippen molar-refractivity contribution in [2.24, 2.45) is 17.3 Å². The lowest BCUT2D eigenvalue weighted by Crippen LogP contribution is -2.40. The Morgan fingerprint density at radius 1 is 1.07 bits per heavy atom. The molecule has 5 rings (SSSR count). The molecular formula is C26H28O2. The van der Waals surface area contributed by atoms with Gasteiger partial charge in [-0.05, 0) is 97.1 Å². The predicted molar refractivity (Wildman–Crippen MR) is 112 cm³/mol. The molecule has 2 saturated carbocycles. The summed E-state index contributed by atoms with van der Waals surface area (Å²) in [4.78, 5) is 12.4. The molecule has 3 aliphatic carbocycles. The highest BCUT2D eigenvalue weighted by Crippen LogP contribution is 2.62. The minimum absolute atomic E-state index is 0.285. The van der Waals surface area contributed by atoms with Gasteiger partial charge in [0.1, 0.15) is 5.75 Å². The van der Waals surface area contributed by atoms with E-state index < -0.39 is 0 Å². The maximum absolute atomic E-state index is 12.4. The zero-order valence-electron chi connectivity index (χ0n) is 16.6. The first-order valence-electron chi connectivity index (χ1n) is 10.6. The van der Waals surface area contributed by atoms with Crippen molar-refractivity contribution in [3.8, 4) is 5.75 Å². The second-order valence-corrected chi connectivity index (χ2v) is 9.13. The normalized spacial score (nSPS) is 30.9. The Labute approximate surface area is 167 Å². The largest absolute Gasteiger partial charge is 0.423 e. The highest BCUT2D eigenvalue weighted by Gasteiger charge is 2.51. The van der Waals surface area contributed by atoms with E-state index in [-0.39, 0.29) is 5.97 Å². The molecule has 0 amide bonds. The Bertz CT molecular complexity index is 929. The van der Waals surface area contributed by atoms with E-state index in [4.69, 9.17) is 4.74 Å². The minimum Gasteiger partial charge on any atom is -0.423 e. The zero-order valence-corrected chi connectivity index (χ0v) is 16.6. The lowest BCUT2D eigenvalue weighted by molar-refractivity contribution is 0.0732. The fraction of sp³-hybridized carbons (Fsp3) is 0.423. The van der Waals surface area contributed by atoms with Crippen LogP contribution in [0.5, 0.6) is 5.75 Å². The second kappa shape index (κ2) is 6.62. The topological polar surface area (TPSA) is 26.3 Å². The second-order valence-electron chi connectivity index (χ2n) is 9.13. The summed E-state index contributed by atoms with van der Waals surface area (Å²) in [6, 6.07) is 15.5. The third-order valence-electron chi connectivity index (χ3n) is 7.87. The molecule has 4 atom stereocenters. The van der Waals surface area contributed by atoms with E-state index >= 15 is 0 Å². The predicted octanol–water partition coefficient (Wildman–Crippen LogP) is 6.32. The molecule has 0 bridgehead atoms. The molecule has 0 N–H and O–H groups in total. The third-order valence-corrected chi connectivity index (χ3v) is 7.87. The first-order chi connectivity index (χ1) is 13.6. The van der Waals surface area contributed by atoms with Crippen LogP contribution in [0.25, 0.3) is 0 Å². The van der Waals surface area contributed by atoms with Gasteiger partial charge in [0, 0.05) is 0 Å². The van der Waals surface area contributed by atoms with Gasteiger partial charge in [-0.25, -0.2) is 4.79 Å². The molecule has 0 saturated heterocycles. The van der Waals surface area contributed by atoms with Crippen LogP contribution in [0.3, 0.4) is 0 Å². The SMILES string of the molecule is C=C1CCC2C3CCc4cc(OC(=O)c5ccccc5)ccc4C3CCC12C. The maximum Gasteiger partial charge on any atom is 0.343 e. The summed E-state index contributed by atoms with van der Waals surface area (Å²) in [6.07, 6.45) is 7.40. The van der Waals surface area contributed by atoms with Gasteiger partial charge < -0.3 is 4.74 Å². The summed E-state index contributed by atoms with van der Waals surface area (Å²) in [5.41, 5.74) is 5.32. The Morgan fingerprint density at radius 3 is 2.71 bits per heavy atom. The van der Waals surface area contributed by atoms with E-state index in [0.29, 0.717) is 22.6 Å². The standard InChI is InChI=1S/C26H28O2/c1-17-8-13-24-23-11-9-19-16-20(28-25(27)18-6-4-3-5-7-18)10-12-21(19)22(23)14-15-26(17,24)2/h3-7,10,12,16,22-24H,1,8-9,11,13-15H2,2H3. The molecule has 2 aromatic rings. The maximum atomic E-state index is 12.4. The summed E-state index contributed by atoms with van der Waals surface area (Å²) in [5, 5.41) is 0. The van der Waals surface area contributed by atoms with Crippen LogP contribution in [-0.2, 0) is 6.42 Å². The summed E-state index contributed by atoms with van der Waals surface area (Å²) in [5.74, 6) is 2.62. The Morgan fingerprint density at radius 2 is 1.89 bits per heavy atom. The Balaban J connectivity index is 1.38. The van der Waals surface area contributed by atoms with Gasteiger partial charge in [-0.2, -0.15) is 0 Å². The first kappa shape index (κ1) is 17.7. The molecule has 2 nitrogen and oxygen atoms in total. The number of aryl methyl sites for hydroxylation is 1. The Kier molecular flexibility index (Phi) is 4.19. The molecule has 2 heteroatoms.